The van der Waals surface area contributed by atoms with E-state index in [2.05, 4.69) is 5.32 Å². The molecule has 1 heterocycles. The zero-order chi connectivity index (χ0) is 14.7. The second-order valence-electron chi connectivity index (χ2n) is 4.36. The van der Waals surface area contributed by atoms with Crippen molar-refractivity contribution in [2.75, 3.05) is 17.9 Å². The van der Waals surface area contributed by atoms with Gasteiger partial charge in [-0.15, -0.1) is 11.8 Å². The summed E-state index contributed by atoms with van der Waals surface area (Å²) in [6.45, 7) is 0.202. The maximum absolute atomic E-state index is 12.8. The largest absolute Gasteiger partial charge is 0.454 e. The van der Waals surface area contributed by atoms with Crippen LogP contribution >= 0.6 is 11.8 Å². The Balaban J connectivity index is 1.55. The van der Waals surface area contributed by atoms with Crippen LogP contribution in [0.15, 0.2) is 47.4 Å². The van der Waals surface area contributed by atoms with Crippen LogP contribution in [0, 0.1) is 5.82 Å². The molecule has 0 spiro atoms. The molecule has 4 nitrogen and oxygen atoms in total. The van der Waals surface area contributed by atoms with E-state index in [9.17, 15) is 9.18 Å². The van der Waals surface area contributed by atoms with Crippen molar-refractivity contribution < 1.29 is 18.7 Å². The number of hydrogen-bond donors (Lipinski definition) is 1. The molecule has 0 bridgehead atoms. The summed E-state index contributed by atoms with van der Waals surface area (Å²) in [6.07, 6.45) is 0. The van der Waals surface area contributed by atoms with Crippen LogP contribution < -0.4 is 14.8 Å². The molecule has 1 amide bonds. The van der Waals surface area contributed by atoms with Gasteiger partial charge in [-0.2, -0.15) is 0 Å². The summed E-state index contributed by atoms with van der Waals surface area (Å²) >= 11 is 1.35. The summed E-state index contributed by atoms with van der Waals surface area (Å²) in [7, 11) is 0. The Labute approximate surface area is 125 Å². The highest BCUT2D eigenvalue weighted by Crippen LogP contribution is 2.34. The van der Waals surface area contributed by atoms with E-state index in [-0.39, 0.29) is 24.3 Å². The minimum Gasteiger partial charge on any atom is -0.454 e. The monoisotopic (exact) mass is 305 g/mol. The summed E-state index contributed by atoms with van der Waals surface area (Å²) in [4.78, 5) is 12.7. The summed E-state index contributed by atoms with van der Waals surface area (Å²) in [5.74, 6) is 1.13. The average molecular weight is 305 g/mol. The van der Waals surface area contributed by atoms with E-state index < -0.39 is 0 Å². The molecule has 1 aliphatic rings. The lowest BCUT2D eigenvalue weighted by Gasteiger charge is -2.06. The second-order valence-corrected chi connectivity index (χ2v) is 5.41. The van der Waals surface area contributed by atoms with Gasteiger partial charge in [0, 0.05) is 16.6 Å². The summed E-state index contributed by atoms with van der Waals surface area (Å²) in [5, 5.41) is 2.78. The number of nitrogens with one attached hydrogen (secondary N) is 1. The highest BCUT2D eigenvalue weighted by atomic mass is 32.2. The lowest BCUT2D eigenvalue weighted by atomic mass is 10.3. The Morgan fingerprint density at radius 2 is 1.90 bits per heavy atom. The molecule has 0 fully saturated rings. The highest BCUT2D eigenvalue weighted by Gasteiger charge is 2.14. The number of rotatable bonds is 4. The molecule has 108 valence electrons. The van der Waals surface area contributed by atoms with E-state index in [1.54, 1.807) is 30.3 Å². The van der Waals surface area contributed by atoms with Crippen molar-refractivity contribution >= 4 is 23.4 Å². The molecule has 6 heteroatoms. The van der Waals surface area contributed by atoms with Crippen molar-refractivity contribution in [3.8, 4) is 11.5 Å². The van der Waals surface area contributed by atoms with Gasteiger partial charge in [-0.25, -0.2) is 4.39 Å². The van der Waals surface area contributed by atoms with Crippen LogP contribution in [0.5, 0.6) is 11.5 Å². The Morgan fingerprint density at radius 1 is 1.14 bits per heavy atom. The van der Waals surface area contributed by atoms with Gasteiger partial charge in [0.15, 0.2) is 11.5 Å². The van der Waals surface area contributed by atoms with Crippen LogP contribution in [-0.2, 0) is 4.79 Å². The third-order valence-electron chi connectivity index (χ3n) is 2.84. The van der Waals surface area contributed by atoms with Gasteiger partial charge in [0.05, 0.1) is 5.75 Å². The smallest absolute Gasteiger partial charge is 0.234 e. The predicted molar refractivity (Wildman–Crippen MR) is 78.3 cm³/mol. The summed E-state index contributed by atoms with van der Waals surface area (Å²) in [6, 6.07) is 11.3. The zero-order valence-corrected chi connectivity index (χ0v) is 11.8. The number of thioether (sulfide) groups is 1. The maximum atomic E-state index is 12.8. The lowest BCUT2D eigenvalue weighted by molar-refractivity contribution is -0.113. The van der Waals surface area contributed by atoms with E-state index in [0.29, 0.717) is 17.2 Å². The molecule has 0 aliphatic carbocycles. The highest BCUT2D eigenvalue weighted by molar-refractivity contribution is 8.00. The van der Waals surface area contributed by atoms with Crippen molar-refractivity contribution in [2.45, 2.75) is 4.90 Å². The number of anilines is 1. The third kappa shape index (κ3) is 3.46. The Kier molecular flexibility index (Phi) is 3.96. The van der Waals surface area contributed by atoms with E-state index in [4.69, 9.17) is 9.47 Å². The van der Waals surface area contributed by atoms with Crippen molar-refractivity contribution in [3.63, 3.8) is 0 Å². The van der Waals surface area contributed by atoms with Crippen molar-refractivity contribution in [3.05, 3.63) is 48.3 Å². The zero-order valence-electron chi connectivity index (χ0n) is 11.0. The van der Waals surface area contributed by atoms with Gasteiger partial charge in [-0.3, -0.25) is 4.79 Å². The molecule has 0 atom stereocenters. The number of halogens is 1. The second kappa shape index (κ2) is 6.05. The number of amides is 1. The lowest BCUT2D eigenvalue weighted by Crippen LogP contribution is -2.13. The SMILES string of the molecule is O=C(CSc1ccc(F)cc1)Nc1ccc2c(c1)OCO2. The van der Waals surface area contributed by atoms with Gasteiger partial charge in [0.2, 0.25) is 12.7 Å². The van der Waals surface area contributed by atoms with E-state index in [1.165, 1.54) is 23.9 Å². The van der Waals surface area contributed by atoms with Gasteiger partial charge < -0.3 is 14.8 Å². The van der Waals surface area contributed by atoms with E-state index in [1.807, 2.05) is 0 Å². The molecule has 2 aromatic rings. The molecule has 3 rings (SSSR count). The van der Waals surface area contributed by atoms with Crippen molar-refractivity contribution in [1.82, 2.24) is 0 Å². The fraction of sp³-hybridized carbons (Fsp3) is 0.133. The molecule has 0 saturated heterocycles. The predicted octanol–water partition coefficient (Wildman–Crippen LogP) is 3.29. The van der Waals surface area contributed by atoms with E-state index in [0.717, 1.165) is 4.90 Å². The summed E-state index contributed by atoms with van der Waals surface area (Å²) in [5.41, 5.74) is 0.656. The molecule has 0 radical (unpaired) electrons. The van der Waals surface area contributed by atoms with Crippen LogP contribution in [0.3, 0.4) is 0 Å². The van der Waals surface area contributed by atoms with Crippen LogP contribution in [0.25, 0.3) is 0 Å². The number of hydrogen-bond acceptors (Lipinski definition) is 4. The first-order valence-corrected chi connectivity index (χ1v) is 7.27. The number of carbonyl (C=O) groups is 1. The fourth-order valence-corrected chi connectivity index (χ4v) is 2.55. The first-order chi connectivity index (χ1) is 10.2. The molecular weight excluding hydrogens is 293 g/mol. The van der Waals surface area contributed by atoms with Crippen LogP contribution in [0.1, 0.15) is 0 Å². The molecular formula is C15H12FNO3S. The van der Waals surface area contributed by atoms with Gasteiger partial charge in [0.1, 0.15) is 5.82 Å². The van der Waals surface area contributed by atoms with Gasteiger partial charge >= 0.3 is 0 Å². The molecule has 1 aliphatic heterocycles. The topological polar surface area (TPSA) is 47.6 Å². The quantitative estimate of drug-likeness (QED) is 0.881. The Bertz CT molecular complexity index is 660. The van der Waals surface area contributed by atoms with E-state index >= 15 is 0 Å². The van der Waals surface area contributed by atoms with Gasteiger partial charge in [0.25, 0.3) is 0 Å². The molecule has 21 heavy (non-hydrogen) atoms. The third-order valence-corrected chi connectivity index (χ3v) is 3.85. The molecule has 0 aromatic heterocycles. The standard InChI is InChI=1S/C15H12FNO3S/c16-10-1-4-12(5-2-10)21-8-15(18)17-11-3-6-13-14(7-11)20-9-19-13/h1-7H,8-9H2,(H,17,18). The van der Waals surface area contributed by atoms with Crippen LogP contribution in [-0.4, -0.2) is 18.5 Å². The molecule has 2 aromatic carbocycles. The average Bonchev–Trinajstić information content (AvgIpc) is 2.94. The maximum Gasteiger partial charge on any atom is 0.234 e. The fourth-order valence-electron chi connectivity index (χ4n) is 1.85. The Morgan fingerprint density at radius 3 is 2.71 bits per heavy atom. The first-order valence-electron chi connectivity index (χ1n) is 6.28. The summed E-state index contributed by atoms with van der Waals surface area (Å²) < 4.78 is 23.2. The van der Waals surface area contributed by atoms with Gasteiger partial charge in [-0.05, 0) is 36.4 Å². The van der Waals surface area contributed by atoms with Gasteiger partial charge in [-0.1, -0.05) is 0 Å². The minimum atomic E-state index is -0.288. The molecule has 0 saturated carbocycles. The number of benzene rings is 2. The normalized spacial score (nSPS) is 12.2. The molecule has 0 unspecified atom stereocenters. The van der Waals surface area contributed by atoms with Crippen LogP contribution in [0.2, 0.25) is 0 Å². The van der Waals surface area contributed by atoms with Crippen molar-refractivity contribution in [2.24, 2.45) is 0 Å². The minimum absolute atomic E-state index is 0.136. The Hall–Kier alpha value is -2.21. The molecule has 1 N–H and O–H groups in total. The van der Waals surface area contributed by atoms with Crippen LogP contribution in [0.4, 0.5) is 10.1 Å². The number of carbonyl (C=O) groups excluding carboxylic acids is 1. The number of fused-ring (bicyclic) bond motifs is 1. The number of ether oxygens (including phenoxy) is 2. The van der Waals surface area contributed by atoms with Crippen molar-refractivity contribution in [1.29, 1.82) is 0 Å². The first kappa shape index (κ1) is 13.8.